The Morgan fingerprint density at radius 2 is 2.20 bits per heavy atom. The Kier molecular flexibility index (Phi) is 0.994. The van der Waals surface area contributed by atoms with Crippen LogP contribution in [0.2, 0.25) is 0 Å². The van der Waals surface area contributed by atoms with E-state index in [1.165, 1.54) is 0 Å². The van der Waals surface area contributed by atoms with Crippen molar-refractivity contribution >= 4 is 0 Å². The third kappa shape index (κ3) is 0.506. The number of hydrogen-bond donors (Lipinski definition) is 1. The number of hydrogen-bond acceptors (Lipinski definition) is 1. The standard InChI is InChI=1S/C7H11F2N/c1-6-2-3-10-4-5(6)7(6,8)9/h5,10H,2-4H2,1H3/t5-,6-/m0/s1. The van der Waals surface area contributed by atoms with Crippen LogP contribution in [0, 0.1) is 11.3 Å². The van der Waals surface area contributed by atoms with Crippen molar-refractivity contribution in [1.29, 1.82) is 0 Å². The van der Waals surface area contributed by atoms with E-state index in [1.54, 1.807) is 6.92 Å². The van der Waals surface area contributed by atoms with E-state index >= 15 is 0 Å². The Hall–Kier alpha value is -0.180. The van der Waals surface area contributed by atoms with E-state index in [0.29, 0.717) is 13.0 Å². The van der Waals surface area contributed by atoms with Gasteiger partial charge in [-0.15, -0.1) is 0 Å². The molecule has 0 bridgehead atoms. The zero-order chi connectivity index (χ0) is 7.41. The molecule has 0 aromatic carbocycles. The van der Waals surface area contributed by atoms with E-state index < -0.39 is 11.3 Å². The molecule has 58 valence electrons. The first-order chi connectivity index (χ1) is 4.59. The molecule has 1 aliphatic heterocycles. The molecule has 0 aromatic rings. The van der Waals surface area contributed by atoms with Crippen LogP contribution in [0.15, 0.2) is 0 Å². The number of halogens is 2. The Morgan fingerprint density at radius 3 is 2.60 bits per heavy atom. The summed E-state index contributed by atoms with van der Waals surface area (Å²) in [6.45, 7) is 2.95. The summed E-state index contributed by atoms with van der Waals surface area (Å²) in [5.74, 6) is -2.76. The van der Waals surface area contributed by atoms with E-state index in [-0.39, 0.29) is 5.92 Å². The van der Waals surface area contributed by atoms with Crippen molar-refractivity contribution < 1.29 is 8.78 Å². The molecular weight excluding hydrogens is 136 g/mol. The Morgan fingerprint density at radius 1 is 1.50 bits per heavy atom. The Balaban J connectivity index is 2.20. The summed E-state index contributed by atoms with van der Waals surface area (Å²) in [5, 5.41) is 2.98. The van der Waals surface area contributed by atoms with E-state index in [0.717, 1.165) is 6.54 Å². The van der Waals surface area contributed by atoms with Crippen LogP contribution < -0.4 is 5.32 Å². The van der Waals surface area contributed by atoms with Gasteiger partial charge in [-0.1, -0.05) is 6.92 Å². The van der Waals surface area contributed by atoms with E-state index in [4.69, 9.17) is 0 Å². The second kappa shape index (κ2) is 1.52. The molecule has 2 aliphatic rings. The summed E-state index contributed by atoms with van der Waals surface area (Å²) in [6.07, 6.45) is 0.630. The molecule has 1 saturated carbocycles. The first kappa shape index (κ1) is 6.53. The van der Waals surface area contributed by atoms with Gasteiger partial charge in [0.15, 0.2) is 0 Å². The Labute approximate surface area is 58.8 Å². The average molecular weight is 147 g/mol. The molecule has 1 saturated heterocycles. The molecule has 0 spiro atoms. The molecule has 0 amide bonds. The van der Waals surface area contributed by atoms with Crippen molar-refractivity contribution in [1.82, 2.24) is 5.32 Å². The molecule has 0 radical (unpaired) electrons. The summed E-state index contributed by atoms with van der Waals surface area (Å²) in [6, 6.07) is 0. The van der Waals surface area contributed by atoms with Gasteiger partial charge in [0, 0.05) is 17.9 Å². The largest absolute Gasteiger partial charge is 0.316 e. The van der Waals surface area contributed by atoms with E-state index in [9.17, 15) is 8.78 Å². The fourth-order valence-corrected chi connectivity index (χ4v) is 1.96. The third-order valence-corrected chi connectivity index (χ3v) is 3.05. The van der Waals surface area contributed by atoms with Gasteiger partial charge in [-0.2, -0.15) is 0 Å². The first-order valence-corrected chi connectivity index (χ1v) is 3.67. The number of fused-ring (bicyclic) bond motifs is 1. The summed E-state index contributed by atoms with van der Waals surface area (Å²) in [4.78, 5) is 0. The lowest BCUT2D eigenvalue weighted by atomic mass is 9.99. The lowest BCUT2D eigenvalue weighted by Gasteiger charge is -2.15. The molecule has 0 unspecified atom stereocenters. The van der Waals surface area contributed by atoms with Gasteiger partial charge in [-0.25, -0.2) is 8.78 Å². The maximum Gasteiger partial charge on any atom is 0.258 e. The third-order valence-electron chi connectivity index (χ3n) is 3.05. The predicted molar refractivity (Wildman–Crippen MR) is 34.0 cm³/mol. The van der Waals surface area contributed by atoms with Gasteiger partial charge in [0.2, 0.25) is 0 Å². The van der Waals surface area contributed by atoms with Crippen LogP contribution in [0.1, 0.15) is 13.3 Å². The highest BCUT2D eigenvalue weighted by atomic mass is 19.3. The lowest BCUT2D eigenvalue weighted by molar-refractivity contribution is 0.0636. The monoisotopic (exact) mass is 147 g/mol. The molecular formula is C7H11F2N. The molecule has 2 fully saturated rings. The maximum absolute atomic E-state index is 12.8. The van der Waals surface area contributed by atoms with Gasteiger partial charge >= 0.3 is 0 Å². The van der Waals surface area contributed by atoms with Crippen LogP contribution >= 0.6 is 0 Å². The smallest absolute Gasteiger partial charge is 0.258 e. The summed E-state index contributed by atoms with van der Waals surface area (Å²) < 4.78 is 25.7. The Bertz CT molecular complexity index is 169. The predicted octanol–water partition coefficient (Wildman–Crippen LogP) is 1.25. The van der Waals surface area contributed by atoms with Gasteiger partial charge in [0.25, 0.3) is 5.92 Å². The summed E-state index contributed by atoms with van der Waals surface area (Å²) >= 11 is 0. The van der Waals surface area contributed by atoms with Crippen LogP contribution in [0.4, 0.5) is 8.78 Å². The van der Waals surface area contributed by atoms with Gasteiger partial charge in [0.05, 0.1) is 0 Å². The van der Waals surface area contributed by atoms with Gasteiger partial charge in [-0.05, 0) is 13.0 Å². The van der Waals surface area contributed by atoms with Crippen molar-refractivity contribution in [2.24, 2.45) is 11.3 Å². The van der Waals surface area contributed by atoms with Crippen molar-refractivity contribution in [3.8, 4) is 0 Å². The lowest BCUT2D eigenvalue weighted by Crippen LogP contribution is -2.27. The SMILES string of the molecule is C[C@]12CCNC[C@@H]1C2(F)F. The van der Waals surface area contributed by atoms with E-state index in [2.05, 4.69) is 5.32 Å². The average Bonchev–Trinajstić information content (AvgIpc) is 2.30. The first-order valence-electron chi connectivity index (χ1n) is 3.67. The fraction of sp³-hybridized carbons (Fsp3) is 1.00. The molecule has 10 heavy (non-hydrogen) atoms. The molecule has 2 atom stereocenters. The minimum absolute atomic E-state index is 0.381. The maximum atomic E-state index is 12.8. The van der Waals surface area contributed by atoms with Crippen LogP contribution in [0.25, 0.3) is 0 Å². The molecule has 1 nitrogen and oxygen atoms in total. The van der Waals surface area contributed by atoms with E-state index in [1.807, 2.05) is 0 Å². The van der Waals surface area contributed by atoms with Crippen LogP contribution in [-0.2, 0) is 0 Å². The molecule has 1 heterocycles. The van der Waals surface area contributed by atoms with Crippen molar-refractivity contribution in [2.45, 2.75) is 19.3 Å². The highest BCUT2D eigenvalue weighted by molar-refractivity contribution is 5.17. The molecule has 0 aromatic heterocycles. The number of piperidine rings is 1. The molecule has 3 heteroatoms. The zero-order valence-corrected chi connectivity index (χ0v) is 5.95. The van der Waals surface area contributed by atoms with Crippen LogP contribution in [-0.4, -0.2) is 19.0 Å². The van der Waals surface area contributed by atoms with Crippen LogP contribution in [0.5, 0.6) is 0 Å². The van der Waals surface area contributed by atoms with Gasteiger partial charge in [-0.3, -0.25) is 0 Å². The fourth-order valence-electron chi connectivity index (χ4n) is 1.96. The summed E-state index contributed by atoms with van der Waals surface area (Å²) in [5.41, 5.74) is -0.655. The van der Waals surface area contributed by atoms with Gasteiger partial charge in [0.1, 0.15) is 0 Å². The topological polar surface area (TPSA) is 12.0 Å². The molecule has 1 aliphatic carbocycles. The second-order valence-electron chi connectivity index (χ2n) is 3.55. The quantitative estimate of drug-likeness (QED) is 0.543. The van der Waals surface area contributed by atoms with Crippen molar-refractivity contribution in [3.05, 3.63) is 0 Å². The minimum atomic E-state index is -2.38. The zero-order valence-electron chi connectivity index (χ0n) is 5.95. The highest BCUT2D eigenvalue weighted by Gasteiger charge is 2.77. The number of nitrogens with one attached hydrogen (secondary N) is 1. The highest BCUT2D eigenvalue weighted by Crippen LogP contribution is 2.68. The normalized spacial score (nSPS) is 50.1. The van der Waals surface area contributed by atoms with Crippen molar-refractivity contribution in [3.63, 3.8) is 0 Å². The molecule has 2 rings (SSSR count). The molecule has 1 N–H and O–H groups in total. The minimum Gasteiger partial charge on any atom is -0.316 e. The second-order valence-corrected chi connectivity index (χ2v) is 3.55. The number of rotatable bonds is 0. The van der Waals surface area contributed by atoms with Crippen molar-refractivity contribution in [2.75, 3.05) is 13.1 Å². The van der Waals surface area contributed by atoms with Crippen LogP contribution in [0.3, 0.4) is 0 Å². The number of alkyl halides is 2. The summed E-state index contributed by atoms with van der Waals surface area (Å²) in [7, 11) is 0. The van der Waals surface area contributed by atoms with Gasteiger partial charge < -0.3 is 5.32 Å².